The van der Waals surface area contributed by atoms with E-state index in [9.17, 15) is 4.79 Å². The van der Waals surface area contributed by atoms with Crippen LogP contribution in [0.3, 0.4) is 0 Å². The SMILES string of the molecule is C#CCCCCCC/C=C\CCCCCCC(O)C(=O)O. The number of carboxylic acid groups (broad SMARTS) is 1. The molecule has 0 spiro atoms. The molecule has 0 radical (unpaired) electrons. The number of terminal acetylenes is 1. The molecule has 0 aromatic heterocycles. The quantitative estimate of drug-likeness (QED) is 0.285. The highest BCUT2D eigenvalue weighted by molar-refractivity contribution is 5.71. The standard InChI is InChI=1S/C18H30O3/c1-2-3-4-5-6-7-8-9-10-11-12-13-14-15-16-17(19)18(20)21/h1,9-10,17,19H,3-8,11-16H2,(H,20,21)/b10-9-. The average Bonchev–Trinajstić information content (AvgIpc) is 2.47. The predicted molar refractivity (Wildman–Crippen MR) is 87.0 cm³/mol. The van der Waals surface area contributed by atoms with Crippen LogP contribution in [0.1, 0.15) is 77.0 Å². The van der Waals surface area contributed by atoms with Crippen molar-refractivity contribution in [1.82, 2.24) is 0 Å². The van der Waals surface area contributed by atoms with Crippen molar-refractivity contribution >= 4 is 5.97 Å². The molecule has 2 N–H and O–H groups in total. The van der Waals surface area contributed by atoms with Crippen LogP contribution in [0, 0.1) is 12.3 Å². The molecule has 0 aromatic carbocycles. The van der Waals surface area contributed by atoms with E-state index in [-0.39, 0.29) is 0 Å². The van der Waals surface area contributed by atoms with Crippen LogP contribution in [0.15, 0.2) is 12.2 Å². The van der Waals surface area contributed by atoms with Gasteiger partial charge in [0.25, 0.3) is 0 Å². The third kappa shape index (κ3) is 14.9. The van der Waals surface area contributed by atoms with Crippen molar-refractivity contribution in [3.05, 3.63) is 12.2 Å². The first-order valence-electron chi connectivity index (χ1n) is 8.17. The summed E-state index contributed by atoms with van der Waals surface area (Å²) in [6.07, 6.45) is 20.9. The lowest BCUT2D eigenvalue weighted by Crippen LogP contribution is -2.18. The molecule has 3 heteroatoms. The molecule has 0 heterocycles. The van der Waals surface area contributed by atoms with E-state index in [1.54, 1.807) is 0 Å². The lowest BCUT2D eigenvalue weighted by atomic mass is 10.1. The molecule has 0 saturated heterocycles. The molecule has 0 fully saturated rings. The van der Waals surface area contributed by atoms with Gasteiger partial charge in [-0.2, -0.15) is 0 Å². The minimum absolute atomic E-state index is 0.366. The van der Waals surface area contributed by atoms with Gasteiger partial charge in [-0.1, -0.05) is 44.3 Å². The lowest BCUT2D eigenvalue weighted by molar-refractivity contribution is -0.146. The van der Waals surface area contributed by atoms with Gasteiger partial charge < -0.3 is 10.2 Å². The average molecular weight is 294 g/mol. The van der Waals surface area contributed by atoms with Crippen molar-refractivity contribution in [1.29, 1.82) is 0 Å². The summed E-state index contributed by atoms with van der Waals surface area (Å²) in [4.78, 5) is 10.4. The van der Waals surface area contributed by atoms with E-state index in [1.807, 2.05) is 0 Å². The second-order valence-electron chi connectivity index (χ2n) is 5.47. The van der Waals surface area contributed by atoms with E-state index in [0.29, 0.717) is 6.42 Å². The van der Waals surface area contributed by atoms with Crippen LogP contribution in [-0.4, -0.2) is 22.3 Å². The molecule has 1 atom stereocenters. The van der Waals surface area contributed by atoms with Gasteiger partial charge in [0.15, 0.2) is 6.10 Å². The summed E-state index contributed by atoms with van der Waals surface area (Å²) >= 11 is 0. The molecule has 0 aliphatic carbocycles. The molecular formula is C18H30O3. The van der Waals surface area contributed by atoms with Gasteiger partial charge in [0.1, 0.15) is 0 Å². The molecule has 120 valence electrons. The third-order valence-electron chi connectivity index (χ3n) is 3.49. The van der Waals surface area contributed by atoms with E-state index < -0.39 is 12.1 Å². The van der Waals surface area contributed by atoms with Crippen molar-refractivity contribution in [3.8, 4) is 12.3 Å². The van der Waals surface area contributed by atoms with Crippen LogP contribution in [-0.2, 0) is 4.79 Å². The van der Waals surface area contributed by atoms with Crippen molar-refractivity contribution in [3.63, 3.8) is 0 Å². The summed E-state index contributed by atoms with van der Waals surface area (Å²) in [5.74, 6) is 1.55. The Labute approximate surface area is 129 Å². The van der Waals surface area contributed by atoms with Gasteiger partial charge in [-0.15, -0.1) is 12.3 Å². The Morgan fingerprint density at radius 3 is 2.00 bits per heavy atom. The second kappa shape index (κ2) is 15.1. The summed E-state index contributed by atoms with van der Waals surface area (Å²) in [6, 6.07) is 0. The summed E-state index contributed by atoms with van der Waals surface area (Å²) in [5.41, 5.74) is 0. The number of aliphatic hydroxyl groups is 1. The summed E-state index contributed by atoms with van der Waals surface area (Å²) in [5, 5.41) is 17.6. The largest absolute Gasteiger partial charge is 0.479 e. The number of allylic oxidation sites excluding steroid dienone is 2. The van der Waals surface area contributed by atoms with Crippen molar-refractivity contribution < 1.29 is 15.0 Å². The Morgan fingerprint density at radius 1 is 0.952 bits per heavy atom. The highest BCUT2D eigenvalue weighted by Crippen LogP contribution is 2.09. The normalized spacial score (nSPS) is 12.4. The maximum Gasteiger partial charge on any atom is 0.332 e. The van der Waals surface area contributed by atoms with Gasteiger partial charge in [-0.3, -0.25) is 0 Å². The maximum atomic E-state index is 10.4. The molecular weight excluding hydrogens is 264 g/mol. The molecule has 0 aromatic rings. The van der Waals surface area contributed by atoms with E-state index in [1.165, 1.54) is 19.3 Å². The Balaban J connectivity index is 3.19. The van der Waals surface area contributed by atoms with Crippen LogP contribution in [0.5, 0.6) is 0 Å². The number of aliphatic hydroxyl groups excluding tert-OH is 1. The Kier molecular flexibility index (Phi) is 14.2. The number of hydrogen-bond donors (Lipinski definition) is 2. The van der Waals surface area contributed by atoms with E-state index in [4.69, 9.17) is 16.6 Å². The third-order valence-corrected chi connectivity index (χ3v) is 3.49. The predicted octanol–water partition coefficient (Wildman–Crippen LogP) is 4.30. The van der Waals surface area contributed by atoms with Crippen LogP contribution in [0.25, 0.3) is 0 Å². The fourth-order valence-electron chi connectivity index (χ4n) is 2.16. The smallest absolute Gasteiger partial charge is 0.332 e. The van der Waals surface area contributed by atoms with Crippen LogP contribution >= 0.6 is 0 Å². The molecule has 0 aliphatic rings. The van der Waals surface area contributed by atoms with Crippen LogP contribution in [0.2, 0.25) is 0 Å². The van der Waals surface area contributed by atoms with Crippen molar-refractivity contribution in [2.24, 2.45) is 0 Å². The zero-order chi connectivity index (χ0) is 15.8. The van der Waals surface area contributed by atoms with E-state index in [0.717, 1.165) is 51.4 Å². The van der Waals surface area contributed by atoms with Crippen LogP contribution < -0.4 is 0 Å². The minimum atomic E-state index is -1.19. The van der Waals surface area contributed by atoms with Crippen LogP contribution in [0.4, 0.5) is 0 Å². The van der Waals surface area contributed by atoms with E-state index in [2.05, 4.69) is 18.1 Å². The fraction of sp³-hybridized carbons (Fsp3) is 0.722. The molecule has 3 nitrogen and oxygen atoms in total. The van der Waals surface area contributed by atoms with Gasteiger partial charge in [0.2, 0.25) is 0 Å². The highest BCUT2D eigenvalue weighted by Gasteiger charge is 2.11. The number of aliphatic carboxylic acids is 1. The van der Waals surface area contributed by atoms with Gasteiger partial charge in [-0.25, -0.2) is 4.79 Å². The monoisotopic (exact) mass is 294 g/mol. The molecule has 1 unspecified atom stereocenters. The molecule has 0 saturated carbocycles. The highest BCUT2D eigenvalue weighted by atomic mass is 16.4. The Bertz CT molecular complexity index is 315. The fourth-order valence-corrected chi connectivity index (χ4v) is 2.16. The lowest BCUT2D eigenvalue weighted by Gasteiger charge is -2.04. The summed E-state index contributed by atoms with van der Waals surface area (Å²) in [7, 11) is 0. The number of rotatable bonds is 14. The zero-order valence-corrected chi connectivity index (χ0v) is 13.1. The van der Waals surface area contributed by atoms with Gasteiger partial charge in [0.05, 0.1) is 0 Å². The minimum Gasteiger partial charge on any atom is -0.479 e. The second-order valence-corrected chi connectivity index (χ2v) is 5.47. The Morgan fingerprint density at radius 2 is 1.48 bits per heavy atom. The molecule has 0 bridgehead atoms. The Hall–Kier alpha value is -1.27. The topological polar surface area (TPSA) is 57.5 Å². The molecule has 21 heavy (non-hydrogen) atoms. The number of carbonyl (C=O) groups is 1. The molecule has 0 aliphatic heterocycles. The van der Waals surface area contributed by atoms with E-state index >= 15 is 0 Å². The number of hydrogen-bond acceptors (Lipinski definition) is 2. The molecule has 0 rings (SSSR count). The molecule has 0 amide bonds. The first kappa shape index (κ1) is 19.7. The van der Waals surface area contributed by atoms with Crippen molar-refractivity contribution in [2.45, 2.75) is 83.2 Å². The first-order chi connectivity index (χ1) is 10.2. The number of unbranched alkanes of at least 4 members (excludes halogenated alkanes) is 9. The summed E-state index contributed by atoms with van der Waals surface area (Å²) in [6.45, 7) is 0. The van der Waals surface area contributed by atoms with Gasteiger partial charge >= 0.3 is 5.97 Å². The maximum absolute atomic E-state index is 10.4. The zero-order valence-electron chi connectivity index (χ0n) is 13.1. The summed E-state index contributed by atoms with van der Waals surface area (Å²) < 4.78 is 0. The first-order valence-corrected chi connectivity index (χ1v) is 8.17. The van der Waals surface area contributed by atoms with Gasteiger partial charge in [0, 0.05) is 6.42 Å². The van der Waals surface area contributed by atoms with Gasteiger partial charge in [-0.05, 0) is 38.5 Å². The van der Waals surface area contributed by atoms with Crippen molar-refractivity contribution in [2.75, 3.05) is 0 Å². The number of carboxylic acids is 1.